The third kappa shape index (κ3) is 9.13. The molecule has 0 saturated heterocycles. The molecule has 0 spiro atoms. The van der Waals surface area contributed by atoms with Gasteiger partial charge in [0.05, 0.1) is 22.1 Å². The summed E-state index contributed by atoms with van der Waals surface area (Å²) in [7, 11) is 0. The molecule has 1 unspecified atom stereocenters. The molecule has 4 aliphatic rings. The van der Waals surface area contributed by atoms with Gasteiger partial charge in [-0.25, -0.2) is 29.9 Å². The van der Waals surface area contributed by atoms with E-state index in [0.29, 0.717) is 0 Å². The molecule has 13 heteroatoms. The second-order valence-electron chi connectivity index (χ2n) is 18.5. The fraction of sp³-hybridized carbons (Fsp3) is 0.0938. The number of para-hydroxylation sites is 8. The van der Waals surface area contributed by atoms with Crippen LogP contribution in [-0.2, 0) is 39.4 Å². The predicted molar refractivity (Wildman–Crippen MR) is 305 cm³/mol. The molecular weight excluding hydrogens is 1130 g/mol. The SMILES string of the molecule is CCc1cc2nc3c(nc2cc1CC)N1c2ccccc2CC1N3c1ccccc1.[Ir].[c-]1ccccc1N1[CH-]N(c2ccccc2)c2nc3ccccc3nc21.[c-]1ccccc1N1[CH-]N(c2ccccc2)c2nccnc21. The maximum atomic E-state index is 5.18. The summed E-state index contributed by atoms with van der Waals surface area (Å²) >= 11 is 0. The molecule has 11 aromatic rings. The number of benzene rings is 8. The van der Waals surface area contributed by atoms with Crippen molar-refractivity contribution in [2.75, 3.05) is 29.4 Å². The van der Waals surface area contributed by atoms with Crippen molar-refractivity contribution in [3.8, 4) is 0 Å². The first-order valence-corrected chi connectivity index (χ1v) is 25.6. The van der Waals surface area contributed by atoms with Gasteiger partial charge in [-0.05, 0) is 96.3 Å². The number of anilines is 12. The fourth-order valence-corrected chi connectivity index (χ4v) is 10.4. The van der Waals surface area contributed by atoms with Gasteiger partial charge in [0.1, 0.15) is 29.4 Å². The minimum Gasteiger partial charge on any atom is -0.477 e. The van der Waals surface area contributed by atoms with Crippen molar-refractivity contribution in [1.82, 2.24) is 29.9 Å². The summed E-state index contributed by atoms with van der Waals surface area (Å²) in [5.41, 5.74) is 14.2. The number of hydrogen-bond acceptors (Lipinski definition) is 12. The van der Waals surface area contributed by atoms with E-state index in [-0.39, 0.29) is 26.3 Å². The van der Waals surface area contributed by atoms with Crippen molar-refractivity contribution in [1.29, 1.82) is 0 Å². The van der Waals surface area contributed by atoms with E-state index in [4.69, 9.17) is 19.9 Å². The van der Waals surface area contributed by atoms with Crippen LogP contribution in [0, 0.1) is 25.5 Å². The molecule has 0 aliphatic carbocycles. The summed E-state index contributed by atoms with van der Waals surface area (Å²) in [4.78, 5) is 41.9. The fourth-order valence-electron chi connectivity index (χ4n) is 10.4. The molecule has 77 heavy (non-hydrogen) atoms. The van der Waals surface area contributed by atoms with Crippen LogP contribution in [0.5, 0.6) is 0 Å². The molecule has 4 aliphatic heterocycles. The number of aryl methyl sites for hydroxylation is 2. The predicted octanol–water partition coefficient (Wildman–Crippen LogP) is 14.4. The second-order valence-corrected chi connectivity index (χ2v) is 18.5. The van der Waals surface area contributed by atoms with Crippen molar-refractivity contribution < 1.29 is 20.1 Å². The molecule has 0 saturated carbocycles. The number of nitrogens with zero attached hydrogens (tertiary/aromatic N) is 12. The van der Waals surface area contributed by atoms with Crippen LogP contribution in [0.3, 0.4) is 0 Å². The van der Waals surface area contributed by atoms with Crippen molar-refractivity contribution >= 4 is 91.1 Å². The zero-order valence-corrected chi connectivity index (χ0v) is 44.7. The molecule has 8 aromatic carbocycles. The second kappa shape index (κ2) is 21.3. The van der Waals surface area contributed by atoms with Crippen LogP contribution < -0.4 is 29.4 Å². The Kier molecular flexibility index (Phi) is 13.5. The molecule has 3 aromatic heterocycles. The van der Waals surface area contributed by atoms with Gasteiger partial charge >= 0.3 is 0 Å². The van der Waals surface area contributed by atoms with Gasteiger partial charge in [0.15, 0.2) is 11.6 Å². The molecule has 0 bridgehead atoms. The van der Waals surface area contributed by atoms with Crippen molar-refractivity contribution in [3.05, 3.63) is 255 Å². The number of fused-ring (bicyclic) bond motifs is 9. The normalized spacial score (nSPS) is 14.4. The summed E-state index contributed by atoms with van der Waals surface area (Å²) in [6.45, 7) is 8.44. The van der Waals surface area contributed by atoms with Crippen LogP contribution in [0.1, 0.15) is 30.5 Å². The van der Waals surface area contributed by atoms with Crippen LogP contribution >= 0.6 is 0 Å². The Morgan fingerprint density at radius 1 is 0.429 bits per heavy atom. The van der Waals surface area contributed by atoms with E-state index in [9.17, 15) is 0 Å². The minimum atomic E-state index is 0. The maximum absolute atomic E-state index is 5.18. The average molecular weight is 1180 g/mol. The van der Waals surface area contributed by atoms with E-state index in [1.165, 1.54) is 22.4 Å². The first-order valence-electron chi connectivity index (χ1n) is 25.6. The van der Waals surface area contributed by atoms with E-state index in [2.05, 4.69) is 130 Å². The molecule has 12 nitrogen and oxygen atoms in total. The van der Waals surface area contributed by atoms with Crippen molar-refractivity contribution in [3.63, 3.8) is 0 Å². The largest absolute Gasteiger partial charge is 0.477 e. The van der Waals surface area contributed by atoms with Gasteiger partial charge in [-0.2, -0.15) is 60.7 Å². The third-order valence-corrected chi connectivity index (χ3v) is 14.0. The van der Waals surface area contributed by atoms with Gasteiger partial charge in [-0.1, -0.05) is 98.8 Å². The average Bonchev–Trinajstić information content (AvgIpc) is 4.32. The molecule has 1 atom stereocenters. The Morgan fingerprint density at radius 3 is 1.39 bits per heavy atom. The van der Waals surface area contributed by atoms with Crippen LogP contribution in [0.25, 0.3) is 22.1 Å². The third-order valence-electron chi connectivity index (χ3n) is 14.0. The van der Waals surface area contributed by atoms with E-state index in [0.717, 1.165) is 105 Å². The van der Waals surface area contributed by atoms with Crippen LogP contribution in [0.4, 0.5) is 69.0 Å². The minimum absolute atomic E-state index is 0. The summed E-state index contributed by atoms with van der Waals surface area (Å²) < 4.78 is 0. The molecule has 15 rings (SSSR count). The first kappa shape index (κ1) is 48.9. The van der Waals surface area contributed by atoms with Gasteiger partial charge < -0.3 is 29.4 Å². The standard InChI is InChI=1S/C26H24N4.C21H14N4.C17H12N4.Ir/c1-3-17-14-21-22(15-18(17)4-2)28-26-25(27-21)29(20-11-6-5-7-12-20)24-16-19-10-8-9-13-23(19)30(24)26;1-3-9-16(10-4-1)24-15-25(17-11-5-2-6-12-17)21-20(24)22-18-13-7-8-14-19(18)23-21;1-3-7-14(8-4-1)20-13-21(15-9-5-2-6-10-15)17-16(20)18-11-12-19-17;/h5-15,24H,3-4,16H2,1-2H3;1-11,13-15H;1-9,11-13H;/q;2*-2;. The topological polar surface area (TPSA) is 96.8 Å². The number of aromatic nitrogens is 6. The summed E-state index contributed by atoms with van der Waals surface area (Å²) in [6.07, 6.45) is 6.58. The summed E-state index contributed by atoms with van der Waals surface area (Å²) in [5.74, 6) is 5.18. The molecule has 7 heterocycles. The van der Waals surface area contributed by atoms with E-state index >= 15 is 0 Å². The van der Waals surface area contributed by atoms with Crippen molar-refractivity contribution in [2.24, 2.45) is 0 Å². The van der Waals surface area contributed by atoms with E-state index in [1.807, 2.05) is 149 Å². The zero-order valence-electron chi connectivity index (χ0n) is 42.3. The Hall–Kier alpha value is -9.03. The molecule has 379 valence electrons. The maximum Gasteiger partial charge on any atom is 0.179 e. The van der Waals surface area contributed by atoms with Crippen LogP contribution in [0.2, 0.25) is 0 Å². The molecule has 1 radical (unpaired) electrons. The summed E-state index contributed by atoms with van der Waals surface area (Å²) in [5, 5.41) is 0. The monoisotopic (exact) mass is 1180 g/mol. The zero-order chi connectivity index (χ0) is 51.0. The number of hydrogen-bond donors (Lipinski definition) is 0. The molecular formula is C64H50IrN12-4. The molecule has 0 fully saturated rings. The van der Waals surface area contributed by atoms with Gasteiger partial charge in [0, 0.05) is 61.7 Å². The van der Waals surface area contributed by atoms with Crippen molar-refractivity contribution in [2.45, 2.75) is 39.3 Å². The Labute approximate surface area is 462 Å². The first-order chi connectivity index (χ1) is 37.6. The van der Waals surface area contributed by atoms with Gasteiger partial charge in [0.25, 0.3) is 0 Å². The van der Waals surface area contributed by atoms with Gasteiger partial charge in [-0.15, -0.1) is 24.7 Å². The Morgan fingerprint density at radius 2 is 0.857 bits per heavy atom. The quantitative estimate of drug-likeness (QED) is 0.142. The number of rotatable bonds is 7. The summed E-state index contributed by atoms with van der Waals surface area (Å²) in [6, 6.07) is 74.2. The Bertz CT molecular complexity index is 3650. The van der Waals surface area contributed by atoms with E-state index < -0.39 is 0 Å². The van der Waals surface area contributed by atoms with E-state index in [1.54, 1.807) is 12.4 Å². The van der Waals surface area contributed by atoms with Crippen LogP contribution in [0.15, 0.2) is 213 Å². The van der Waals surface area contributed by atoms with Gasteiger partial charge in [0.2, 0.25) is 0 Å². The Balaban J connectivity index is 0.000000117. The van der Waals surface area contributed by atoms with Gasteiger partial charge in [-0.3, -0.25) is 0 Å². The van der Waals surface area contributed by atoms with Crippen LogP contribution in [-0.4, -0.2) is 36.1 Å². The molecule has 0 N–H and O–H groups in total. The smallest absolute Gasteiger partial charge is 0.179 e. The molecule has 0 amide bonds.